The van der Waals surface area contributed by atoms with Gasteiger partial charge in [-0.25, -0.2) is 0 Å². The van der Waals surface area contributed by atoms with Crippen molar-refractivity contribution in [3.63, 3.8) is 0 Å². The van der Waals surface area contributed by atoms with Crippen molar-refractivity contribution in [2.75, 3.05) is 0 Å². The van der Waals surface area contributed by atoms with Crippen LogP contribution in [0.2, 0.25) is 0 Å². The van der Waals surface area contributed by atoms with Crippen LogP contribution < -0.4 is 48.0 Å². The Bertz CT molecular complexity index is 739. The molecule has 0 heterocycles. The molecule has 0 radical (unpaired) electrons. The summed E-state index contributed by atoms with van der Waals surface area (Å²) in [6.07, 6.45) is 1.05. The largest absolute Gasteiger partial charge is 4.00 e. The maximum atomic E-state index is 3.30. The molecule has 1 aliphatic rings. The molecule has 3 aromatic carbocycles. The second-order valence-electron chi connectivity index (χ2n) is 6.52. The molecule has 1 aliphatic carbocycles. The zero-order chi connectivity index (χ0) is 16.6. The van der Waals surface area contributed by atoms with E-state index in [1.54, 1.807) is 0 Å². The molecule has 0 unspecified atom stereocenters. The summed E-state index contributed by atoms with van der Waals surface area (Å²) in [6.45, 7) is 11.0. The molecule has 0 atom stereocenters. The standard InChI is InChI=1S/C13H9.C10H15.2HI.Ti/c1-3-7-12-10(5-1)9-11-6-2-4-8-13(11)12;1-6-7(2)9(4)10(5)8(6)3;;;/h1-5,7-8H,9H2;1-5H3;2*1H;/q2*-1;;;+4/p-2. The van der Waals surface area contributed by atoms with Crippen LogP contribution in [0.1, 0.15) is 38.9 Å². The fourth-order valence-corrected chi connectivity index (χ4v) is 3.40. The predicted octanol–water partition coefficient (Wildman–Crippen LogP) is 0.0111. The molecule has 0 aromatic heterocycles. The van der Waals surface area contributed by atoms with Crippen molar-refractivity contribution in [1.82, 2.24) is 0 Å². The fraction of sp³-hybridized carbons (Fsp3) is 0.261. The SMILES string of the molecule is Cc1c(C)c(C)[c-](C)c1C.[I-].[I-].[Ti+4].[c-]1cccc2c1Cc1ccccc1-2. The molecule has 0 nitrogen and oxygen atoms in total. The molecule has 0 aliphatic heterocycles. The Labute approximate surface area is 207 Å². The third-order valence-corrected chi connectivity index (χ3v) is 5.43. The van der Waals surface area contributed by atoms with E-state index in [-0.39, 0.29) is 69.7 Å². The molecule has 3 heteroatoms. The van der Waals surface area contributed by atoms with E-state index in [0.717, 1.165) is 6.42 Å². The Hall–Kier alpha value is -0.0357. The van der Waals surface area contributed by atoms with Gasteiger partial charge in [-0.1, -0.05) is 70.0 Å². The quantitative estimate of drug-likeness (QED) is 0.151. The molecular weight excluding hydrogens is 578 g/mol. The first kappa shape index (κ1) is 26.0. The van der Waals surface area contributed by atoms with Crippen molar-refractivity contribution in [3.8, 4) is 11.1 Å². The number of halogens is 2. The third-order valence-electron chi connectivity index (χ3n) is 5.43. The third kappa shape index (κ3) is 5.06. The first-order valence-electron chi connectivity index (χ1n) is 8.28. The molecule has 0 saturated heterocycles. The van der Waals surface area contributed by atoms with Crippen LogP contribution in [0.3, 0.4) is 0 Å². The normalized spacial score (nSPS) is 10.2. The summed E-state index contributed by atoms with van der Waals surface area (Å²) in [5.74, 6) is 0. The molecule has 0 saturated carbocycles. The Kier molecular flexibility index (Phi) is 11.1. The van der Waals surface area contributed by atoms with Crippen LogP contribution in [0.15, 0.2) is 42.5 Å². The van der Waals surface area contributed by atoms with Crippen molar-refractivity contribution in [3.05, 3.63) is 87.5 Å². The zero-order valence-electron chi connectivity index (χ0n) is 16.0. The average Bonchev–Trinajstić information content (AvgIpc) is 3.04. The van der Waals surface area contributed by atoms with Crippen LogP contribution in [-0.2, 0) is 28.1 Å². The van der Waals surface area contributed by atoms with Crippen LogP contribution in [0, 0.1) is 40.7 Å². The number of benzene rings is 2. The van der Waals surface area contributed by atoms with Crippen molar-refractivity contribution in [1.29, 1.82) is 0 Å². The summed E-state index contributed by atoms with van der Waals surface area (Å²) in [6, 6.07) is 18.1. The molecule has 0 spiro atoms. The van der Waals surface area contributed by atoms with Crippen LogP contribution >= 0.6 is 0 Å². The first-order valence-corrected chi connectivity index (χ1v) is 8.28. The molecule has 0 fully saturated rings. The molecular formula is C23H24I2Ti. The minimum atomic E-state index is 0. The molecule has 0 bridgehead atoms. The minimum Gasteiger partial charge on any atom is -1.00 e. The second kappa shape index (κ2) is 11.1. The number of hydrogen-bond donors (Lipinski definition) is 0. The minimum absolute atomic E-state index is 0. The summed E-state index contributed by atoms with van der Waals surface area (Å²) in [4.78, 5) is 0. The van der Waals surface area contributed by atoms with E-state index < -0.39 is 0 Å². The van der Waals surface area contributed by atoms with Gasteiger partial charge < -0.3 is 48.0 Å². The maximum Gasteiger partial charge on any atom is 4.00 e. The molecule has 3 aromatic rings. The van der Waals surface area contributed by atoms with Gasteiger partial charge in [0.15, 0.2) is 0 Å². The smallest absolute Gasteiger partial charge is 1.00 e. The summed E-state index contributed by atoms with van der Waals surface area (Å²) in [5, 5.41) is 0. The van der Waals surface area contributed by atoms with Gasteiger partial charge in [0, 0.05) is 0 Å². The maximum absolute atomic E-state index is 3.30. The summed E-state index contributed by atoms with van der Waals surface area (Å²) >= 11 is 0. The fourth-order valence-electron chi connectivity index (χ4n) is 3.40. The van der Waals surface area contributed by atoms with E-state index in [4.69, 9.17) is 0 Å². The predicted molar refractivity (Wildman–Crippen MR) is 99.2 cm³/mol. The first-order chi connectivity index (χ1) is 11.0. The van der Waals surface area contributed by atoms with Gasteiger partial charge in [0.25, 0.3) is 0 Å². The van der Waals surface area contributed by atoms with Crippen molar-refractivity contribution >= 4 is 0 Å². The second-order valence-corrected chi connectivity index (χ2v) is 6.52. The van der Waals surface area contributed by atoms with Gasteiger partial charge in [0.2, 0.25) is 0 Å². The van der Waals surface area contributed by atoms with Crippen molar-refractivity contribution in [2.45, 2.75) is 41.0 Å². The number of fused-ring (bicyclic) bond motifs is 3. The van der Waals surface area contributed by atoms with Gasteiger partial charge in [0.1, 0.15) is 0 Å². The molecule has 4 rings (SSSR count). The van der Waals surface area contributed by atoms with E-state index in [1.165, 1.54) is 50.1 Å². The summed E-state index contributed by atoms with van der Waals surface area (Å²) in [5.41, 5.74) is 12.8. The number of hydrogen-bond acceptors (Lipinski definition) is 0. The van der Waals surface area contributed by atoms with Crippen LogP contribution in [0.4, 0.5) is 0 Å². The number of rotatable bonds is 0. The topological polar surface area (TPSA) is 0 Å². The van der Waals surface area contributed by atoms with Gasteiger partial charge in [-0.2, -0.15) is 57.6 Å². The monoisotopic (exact) mass is 602 g/mol. The molecule has 26 heavy (non-hydrogen) atoms. The Morgan fingerprint density at radius 2 is 1.35 bits per heavy atom. The van der Waals surface area contributed by atoms with E-state index in [2.05, 4.69) is 77.1 Å². The Morgan fingerprint density at radius 3 is 1.88 bits per heavy atom. The summed E-state index contributed by atoms with van der Waals surface area (Å²) < 4.78 is 0. The van der Waals surface area contributed by atoms with E-state index >= 15 is 0 Å². The molecule has 0 amide bonds. The zero-order valence-corrected chi connectivity index (χ0v) is 21.9. The van der Waals surface area contributed by atoms with Crippen molar-refractivity contribution in [2.24, 2.45) is 0 Å². The molecule has 134 valence electrons. The van der Waals surface area contributed by atoms with Gasteiger partial charge >= 0.3 is 21.7 Å². The Morgan fingerprint density at radius 1 is 0.808 bits per heavy atom. The van der Waals surface area contributed by atoms with E-state index in [0.29, 0.717) is 0 Å². The van der Waals surface area contributed by atoms with Crippen LogP contribution in [0.25, 0.3) is 11.1 Å². The van der Waals surface area contributed by atoms with Gasteiger partial charge in [-0.15, -0.1) is 5.56 Å². The van der Waals surface area contributed by atoms with Gasteiger partial charge in [0.05, 0.1) is 0 Å². The van der Waals surface area contributed by atoms with E-state index in [9.17, 15) is 0 Å². The van der Waals surface area contributed by atoms with Crippen LogP contribution in [0.5, 0.6) is 0 Å². The van der Waals surface area contributed by atoms with Crippen molar-refractivity contribution < 1.29 is 69.7 Å². The Balaban J connectivity index is 0.000000445. The van der Waals surface area contributed by atoms with E-state index in [1.807, 2.05) is 6.07 Å². The van der Waals surface area contributed by atoms with Gasteiger partial charge in [-0.3, -0.25) is 0 Å². The average molecular weight is 602 g/mol. The summed E-state index contributed by atoms with van der Waals surface area (Å²) in [7, 11) is 0. The van der Waals surface area contributed by atoms with Gasteiger partial charge in [-0.05, 0) is 6.42 Å². The van der Waals surface area contributed by atoms with Crippen LogP contribution in [-0.4, -0.2) is 0 Å². The molecule has 0 N–H and O–H groups in total.